The number of carbonyl (C=O) groups excluding carboxylic acids is 1. The van der Waals surface area contributed by atoms with Crippen LogP contribution in [0.3, 0.4) is 0 Å². The summed E-state index contributed by atoms with van der Waals surface area (Å²) in [6.07, 6.45) is 0.751. The van der Waals surface area contributed by atoms with E-state index in [4.69, 9.17) is 0 Å². The van der Waals surface area contributed by atoms with E-state index in [9.17, 15) is 4.79 Å². The van der Waals surface area contributed by atoms with Gasteiger partial charge in [0.25, 0.3) is 0 Å². The van der Waals surface area contributed by atoms with E-state index in [1.165, 1.54) is 0 Å². The first-order valence-corrected chi connectivity index (χ1v) is 4.69. The highest BCUT2D eigenvalue weighted by Gasteiger charge is 2.01. The second-order valence-electron chi connectivity index (χ2n) is 2.41. The van der Waals surface area contributed by atoms with Crippen molar-refractivity contribution >= 4 is 35.3 Å². The second-order valence-corrected chi connectivity index (χ2v) is 3.36. The van der Waals surface area contributed by atoms with Crippen LogP contribution in [0.25, 0.3) is 5.57 Å². The monoisotopic (exact) mass is 217 g/mol. The lowest BCUT2D eigenvalue weighted by Crippen LogP contribution is -2.07. The molecule has 2 nitrogen and oxygen atoms in total. The molecule has 0 amide bonds. The average molecular weight is 218 g/mol. The summed E-state index contributed by atoms with van der Waals surface area (Å²) >= 11 is 1.58. The fourth-order valence-electron chi connectivity index (χ4n) is 0.925. The van der Waals surface area contributed by atoms with E-state index in [0.717, 1.165) is 23.4 Å². The normalized spacial score (nSPS) is 8.69. The third-order valence-electron chi connectivity index (χ3n) is 1.57. The standard InChI is InChI=1S/C9H11NOS.ClH/c1-10-5-4-8(7-11)9-3-2-6-12-9;/h2-3,6,10H,4-5H2,1H3;1H. The maximum atomic E-state index is 10.5. The van der Waals surface area contributed by atoms with Gasteiger partial charge in [-0.05, 0) is 31.5 Å². The summed E-state index contributed by atoms with van der Waals surface area (Å²) in [5.74, 6) is 1.98. The van der Waals surface area contributed by atoms with Gasteiger partial charge in [0.2, 0.25) is 0 Å². The summed E-state index contributed by atoms with van der Waals surface area (Å²) in [6.45, 7) is 0.822. The Morgan fingerprint density at radius 3 is 2.92 bits per heavy atom. The third kappa shape index (κ3) is 3.75. The summed E-state index contributed by atoms with van der Waals surface area (Å²) in [5, 5.41) is 4.96. The molecule has 0 aromatic carbocycles. The van der Waals surface area contributed by atoms with Crippen molar-refractivity contribution in [3.8, 4) is 0 Å². The molecule has 1 heterocycles. The lowest BCUT2D eigenvalue weighted by molar-refractivity contribution is 0.569. The lowest BCUT2D eigenvalue weighted by Gasteiger charge is -1.98. The van der Waals surface area contributed by atoms with Crippen LogP contribution < -0.4 is 5.32 Å². The molecule has 0 fully saturated rings. The molecule has 72 valence electrons. The second kappa shape index (κ2) is 6.87. The number of rotatable bonds is 4. The molecule has 0 unspecified atom stereocenters. The van der Waals surface area contributed by atoms with Gasteiger partial charge in [-0.1, -0.05) is 6.07 Å². The Bertz CT molecular complexity index is 278. The Balaban J connectivity index is 0.00000144. The molecule has 0 saturated carbocycles. The smallest absolute Gasteiger partial charge is 0.129 e. The summed E-state index contributed by atoms with van der Waals surface area (Å²) in [7, 11) is 1.87. The zero-order valence-corrected chi connectivity index (χ0v) is 9.00. The van der Waals surface area contributed by atoms with E-state index in [2.05, 4.69) is 5.32 Å². The van der Waals surface area contributed by atoms with Gasteiger partial charge in [-0.25, -0.2) is 4.79 Å². The van der Waals surface area contributed by atoms with Crippen LogP contribution in [0.5, 0.6) is 0 Å². The maximum absolute atomic E-state index is 10.5. The molecule has 0 radical (unpaired) electrons. The Hall–Kier alpha value is -0.600. The van der Waals surface area contributed by atoms with Crippen molar-refractivity contribution in [2.75, 3.05) is 13.6 Å². The van der Waals surface area contributed by atoms with Crippen LogP contribution >= 0.6 is 23.7 Å². The molecule has 0 spiro atoms. The molecule has 0 saturated heterocycles. The summed E-state index contributed by atoms with van der Waals surface area (Å²) < 4.78 is 0. The minimum absolute atomic E-state index is 0. The Labute approximate surface area is 88.1 Å². The molecule has 0 atom stereocenters. The molecular formula is C9H12ClNOS. The van der Waals surface area contributed by atoms with Crippen molar-refractivity contribution in [3.05, 3.63) is 22.4 Å². The molecule has 1 aromatic rings. The minimum atomic E-state index is 0. The van der Waals surface area contributed by atoms with E-state index >= 15 is 0 Å². The van der Waals surface area contributed by atoms with Gasteiger partial charge in [-0.2, -0.15) is 0 Å². The van der Waals surface area contributed by atoms with Crippen molar-refractivity contribution in [2.45, 2.75) is 6.42 Å². The third-order valence-corrected chi connectivity index (χ3v) is 2.50. The van der Waals surface area contributed by atoms with Crippen LogP contribution in [-0.2, 0) is 4.79 Å². The van der Waals surface area contributed by atoms with Crippen molar-refractivity contribution in [2.24, 2.45) is 0 Å². The predicted octanol–water partition coefficient (Wildman–Crippen LogP) is 1.99. The van der Waals surface area contributed by atoms with Crippen LogP contribution in [-0.4, -0.2) is 19.5 Å². The van der Waals surface area contributed by atoms with Crippen LogP contribution in [0.15, 0.2) is 17.5 Å². The van der Waals surface area contributed by atoms with Crippen molar-refractivity contribution < 1.29 is 4.79 Å². The first-order chi connectivity index (χ1) is 5.88. The summed E-state index contributed by atoms with van der Waals surface area (Å²) in [4.78, 5) is 11.6. The molecular weight excluding hydrogens is 206 g/mol. The molecule has 0 aliphatic rings. The Kier molecular flexibility index (Phi) is 6.55. The van der Waals surface area contributed by atoms with Crippen LogP contribution in [0.1, 0.15) is 11.3 Å². The first-order valence-electron chi connectivity index (χ1n) is 3.81. The van der Waals surface area contributed by atoms with Gasteiger partial charge in [0.1, 0.15) is 5.94 Å². The van der Waals surface area contributed by atoms with Gasteiger partial charge < -0.3 is 5.32 Å². The zero-order valence-electron chi connectivity index (χ0n) is 7.37. The number of nitrogens with one attached hydrogen (secondary N) is 1. The zero-order chi connectivity index (χ0) is 8.81. The predicted molar refractivity (Wildman–Crippen MR) is 59.2 cm³/mol. The lowest BCUT2D eigenvalue weighted by atomic mass is 10.2. The van der Waals surface area contributed by atoms with Crippen molar-refractivity contribution in [3.63, 3.8) is 0 Å². The van der Waals surface area contributed by atoms with E-state index in [1.807, 2.05) is 30.5 Å². The quantitative estimate of drug-likeness (QED) is 0.782. The van der Waals surface area contributed by atoms with E-state index in [1.54, 1.807) is 11.3 Å². The molecule has 1 rings (SSSR count). The van der Waals surface area contributed by atoms with Crippen molar-refractivity contribution in [1.82, 2.24) is 5.32 Å². The molecule has 1 N–H and O–H groups in total. The van der Waals surface area contributed by atoms with E-state index < -0.39 is 0 Å². The summed E-state index contributed by atoms with van der Waals surface area (Å²) in [5.41, 5.74) is 0.763. The fraction of sp³-hybridized carbons (Fsp3) is 0.333. The van der Waals surface area contributed by atoms with Gasteiger partial charge in [-0.3, -0.25) is 0 Å². The van der Waals surface area contributed by atoms with E-state index in [-0.39, 0.29) is 12.4 Å². The highest BCUT2D eigenvalue weighted by atomic mass is 35.5. The highest BCUT2D eigenvalue weighted by Crippen LogP contribution is 2.19. The van der Waals surface area contributed by atoms with Gasteiger partial charge in [0, 0.05) is 4.88 Å². The number of halogens is 1. The SMILES string of the molecule is CNCCC(=C=O)c1cccs1.Cl. The van der Waals surface area contributed by atoms with E-state index in [0.29, 0.717) is 0 Å². The van der Waals surface area contributed by atoms with Crippen LogP contribution in [0.4, 0.5) is 0 Å². The van der Waals surface area contributed by atoms with Crippen LogP contribution in [0.2, 0.25) is 0 Å². The molecule has 0 aliphatic heterocycles. The molecule has 0 bridgehead atoms. The van der Waals surface area contributed by atoms with Crippen LogP contribution in [0, 0.1) is 0 Å². The highest BCUT2D eigenvalue weighted by molar-refractivity contribution is 7.11. The average Bonchev–Trinajstić information content (AvgIpc) is 2.59. The van der Waals surface area contributed by atoms with Gasteiger partial charge in [0.05, 0.1) is 5.57 Å². The number of hydrogen-bond donors (Lipinski definition) is 1. The number of hydrogen-bond acceptors (Lipinski definition) is 3. The van der Waals surface area contributed by atoms with Crippen molar-refractivity contribution in [1.29, 1.82) is 0 Å². The minimum Gasteiger partial charge on any atom is -0.319 e. The fourth-order valence-corrected chi connectivity index (χ4v) is 1.67. The van der Waals surface area contributed by atoms with Gasteiger partial charge >= 0.3 is 0 Å². The Morgan fingerprint density at radius 2 is 2.46 bits per heavy atom. The maximum Gasteiger partial charge on any atom is 0.129 e. The largest absolute Gasteiger partial charge is 0.319 e. The Morgan fingerprint density at radius 1 is 1.69 bits per heavy atom. The molecule has 0 aliphatic carbocycles. The van der Waals surface area contributed by atoms with Gasteiger partial charge in [0.15, 0.2) is 0 Å². The molecule has 4 heteroatoms. The topological polar surface area (TPSA) is 29.1 Å². The molecule has 1 aromatic heterocycles. The number of thiophene rings is 1. The van der Waals surface area contributed by atoms with Gasteiger partial charge in [-0.15, -0.1) is 23.7 Å². The molecule has 13 heavy (non-hydrogen) atoms. The summed E-state index contributed by atoms with van der Waals surface area (Å²) in [6, 6.07) is 3.89. The first kappa shape index (κ1) is 12.4.